The minimum atomic E-state index is -0.0261. The second-order valence-electron chi connectivity index (χ2n) is 9.61. The fourth-order valence-corrected chi connectivity index (χ4v) is 4.96. The number of hydrogen-bond donors (Lipinski definition) is 0. The first-order valence-electron chi connectivity index (χ1n) is 12.4. The number of amides is 2. The van der Waals surface area contributed by atoms with Crippen molar-refractivity contribution in [2.75, 3.05) is 18.0 Å². The Morgan fingerprint density at radius 3 is 2.53 bits per heavy atom. The Morgan fingerprint density at radius 2 is 1.76 bits per heavy atom. The molecule has 0 bridgehead atoms. The predicted octanol–water partition coefficient (Wildman–Crippen LogP) is 5.37. The molecule has 1 aliphatic carbocycles. The van der Waals surface area contributed by atoms with E-state index >= 15 is 0 Å². The molecule has 5 rings (SSSR count). The summed E-state index contributed by atoms with van der Waals surface area (Å²) in [7, 11) is 0. The van der Waals surface area contributed by atoms with Crippen LogP contribution in [0, 0.1) is 6.92 Å². The van der Waals surface area contributed by atoms with Crippen molar-refractivity contribution >= 4 is 28.6 Å². The molecule has 34 heavy (non-hydrogen) atoms. The van der Waals surface area contributed by atoms with Crippen LogP contribution in [0.1, 0.15) is 85.1 Å². The molecule has 2 aliphatic rings. The van der Waals surface area contributed by atoms with Crippen molar-refractivity contribution in [1.82, 2.24) is 15.0 Å². The molecule has 2 aromatic heterocycles. The van der Waals surface area contributed by atoms with Gasteiger partial charge in [-0.3, -0.25) is 9.59 Å². The zero-order chi connectivity index (χ0) is 23.7. The molecular formula is C27H32N4O3. The molecule has 0 atom stereocenters. The molecule has 178 valence electrons. The van der Waals surface area contributed by atoms with E-state index in [-0.39, 0.29) is 11.8 Å². The van der Waals surface area contributed by atoms with Crippen molar-refractivity contribution < 1.29 is 14.1 Å². The summed E-state index contributed by atoms with van der Waals surface area (Å²) in [5, 5.41) is 4.81. The molecule has 7 nitrogen and oxygen atoms in total. The van der Waals surface area contributed by atoms with Gasteiger partial charge in [-0.05, 0) is 50.3 Å². The number of nitrogens with zero attached hydrogens (tertiary/aromatic N) is 4. The van der Waals surface area contributed by atoms with Crippen LogP contribution in [-0.2, 0) is 11.3 Å². The number of pyridine rings is 1. The number of para-hydroxylation sites is 1. The maximum Gasteiger partial charge on any atom is 0.259 e. The highest BCUT2D eigenvalue weighted by atomic mass is 16.5. The number of hydrogen-bond acceptors (Lipinski definition) is 5. The van der Waals surface area contributed by atoms with E-state index in [1.807, 2.05) is 47.1 Å². The lowest BCUT2D eigenvalue weighted by Crippen LogP contribution is -2.35. The second-order valence-corrected chi connectivity index (χ2v) is 9.61. The molecule has 0 spiro atoms. The Labute approximate surface area is 200 Å². The maximum absolute atomic E-state index is 14.0. The highest BCUT2D eigenvalue weighted by Gasteiger charge is 2.30. The Kier molecular flexibility index (Phi) is 6.35. The number of carbonyl (C=O) groups is 2. The van der Waals surface area contributed by atoms with E-state index in [0.29, 0.717) is 47.9 Å². The fraction of sp³-hybridized carbons (Fsp3) is 0.481. The molecular weight excluding hydrogens is 428 g/mol. The van der Waals surface area contributed by atoms with Crippen LogP contribution in [0.3, 0.4) is 0 Å². The van der Waals surface area contributed by atoms with Crippen molar-refractivity contribution in [3.63, 3.8) is 0 Å². The first kappa shape index (κ1) is 22.6. The minimum absolute atomic E-state index is 0.0261. The summed E-state index contributed by atoms with van der Waals surface area (Å²) in [5.74, 6) is 0.409. The first-order chi connectivity index (χ1) is 16.5. The predicted molar refractivity (Wildman–Crippen MR) is 131 cm³/mol. The van der Waals surface area contributed by atoms with Gasteiger partial charge in [-0.15, -0.1) is 0 Å². The van der Waals surface area contributed by atoms with E-state index in [4.69, 9.17) is 4.52 Å². The quantitative estimate of drug-likeness (QED) is 0.514. The molecule has 1 saturated carbocycles. The van der Waals surface area contributed by atoms with E-state index < -0.39 is 0 Å². The fourth-order valence-electron chi connectivity index (χ4n) is 4.96. The third-order valence-corrected chi connectivity index (χ3v) is 6.98. The van der Waals surface area contributed by atoms with Gasteiger partial charge in [0.15, 0.2) is 0 Å². The van der Waals surface area contributed by atoms with Crippen molar-refractivity contribution in [2.24, 2.45) is 0 Å². The number of fused-ring (bicyclic) bond motifs is 2. The lowest BCUT2D eigenvalue weighted by Gasteiger charge is -2.29. The second kappa shape index (κ2) is 9.57. The summed E-state index contributed by atoms with van der Waals surface area (Å²) < 4.78 is 5.48. The van der Waals surface area contributed by atoms with E-state index in [1.165, 1.54) is 0 Å². The summed E-state index contributed by atoms with van der Waals surface area (Å²) >= 11 is 0. The molecule has 0 radical (unpaired) electrons. The van der Waals surface area contributed by atoms with Crippen molar-refractivity contribution in [3.05, 3.63) is 52.8 Å². The summed E-state index contributed by atoms with van der Waals surface area (Å²) in [4.78, 5) is 35.0. The number of rotatable bonds is 2. The summed E-state index contributed by atoms with van der Waals surface area (Å²) in [6.45, 7) is 5.30. The normalized spacial score (nSPS) is 17.7. The van der Waals surface area contributed by atoms with Gasteiger partial charge in [0.2, 0.25) is 5.91 Å². The molecule has 1 aromatic carbocycles. The standard InChI is InChI=1S/C27H32N4O3/c1-18-25-22(16-23(20-12-13-20)28-26(25)34-29-18)27(33)30-14-8-4-3-5-9-15-31(19(2)32)24-11-7-6-10-21(24)17-30/h6-7,10-11,16,20H,3-5,8-9,12-15,17H2,1-2H3. The molecule has 1 fully saturated rings. The summed E-state index contributed by atoms with van der Waals surface area (Å²) in [6.07, 6.45) is 7.38. The van der Waals surface area contributed by atoms with Crippen LogP contribution in [0.2, 0.25) is 0 Å². The molecule has 3 heterocycles. The van der Waals surface area contributed by atoms with Crippen LogP contribution in [-0.4, -0.2) is 39.9 Å². The van der Waals surface area contributed by atoms with E-state index in [9.17, 15) is 9.59 Å². The van der Waals surface area contributed by atoms with Crippen LogP contribution in [0.4, 0.5) is 5.69 Å². The van der Waals surface area contributed by atoms with Crippen molar-refractivity contribution in [1.29, 1.82) is 0 Å². The van der Waals surface area contributed by atoms with Crippen LogP contribution in [0.25, 0.3) is 11.1 Å². The third kappa shape index (κ3) is 4.56. The molecule has 1 aliphatic heterocycles. The average molecular weight is 461 g/mol. The van der Waals surface area contributed by atoms with E-state index in [0.717, 1.165) is 61.9 Å². The number of carbonyl (C=O) groups excluding carboxylic acids is 2. The zero-order valence-electron chi connectivity index (χ0n) is 20.0. The third-order valence-electron chi connectivity index (χ3n) is 6.98. The van der Waals surface area contributed by atoms with Gasteiger partial charge in [0.25, 0.3) is 11.6 Å². The number of aromatic nitrogens is 2. The smallest absolute Gasteiger partial charge is 0.259 e. The molecule has 0 unspecified atom stereocenters. The molecule has 0 N–H and O–H groups in total. The van der Waals surface area contributed by atoms with Gasteiger partial charge in [-0.1, -0.05) is 42.6 Å². The summed E-state index contributed by atoms with van der Waals surface area (Å²) in [5.41, 5.74) is 4.56. The van der Waals surface area contributed by atoms with Gasteiger partial charge < -0.3 is 14.3 Å². The van der Waals surface area contributed by atoms with Gasteiger partial charge in [-0.25, -0.2) is 4.98 Å². The van der Waals surface area contributed by atoms with Crippen LogP contribution in [0.15, 0.2) is 34.9 Å². The Bertz CT molecular complexity index is 1210. The van der Waals surface area contributed by atoms with Crippen LogP contribution >= 0.6 is 0 Å². The molecule has 0 saturated heterocycles. The van der Waals surface area contributed by atoms with E-state index in [1.54, 1.807) is 6.92 Å². The molecule has 2 amide bonds. The largest absolute Gasteiger partial charge is 0.336 e. The lowest BCUT2D eigenvalue weighted by molar-refractivity contribution is -0.116. The monoisotopic (exact) mass is 460 g/mol. The van der Waals surface area contributed by atoms with Gasteiger partial charge in [-0.2, -0.15) is 0 Å². The van der Waals surface area contributed by atoms with Gasteiger partial charge in [0.05, 0.1) is 16.6 Å². The van der Waals surface area contributed by atoms with Crippen LogP contribution in [0.5, 0.6) is 0 Å². The van der Waals surface area contributed by atoms with E-state index in [2.05, 4.69) is 10.1 Å². The first-order valence-corrected chi connectivity index (χ1v) is 12.4. The Morgan fingerprint density at radius 1 is 1.03 bits per heavy atom. The highest BCUT2D eigenvalue weighted by molar-refractivity contribution is 6.06. The van der Waals surface area contributed by atoms with Gasteiger partial charge in [0.1, 0.15) is 0 Å². The molecule has 3 aromatic rings. The van der Waals surface area contributed by atoms with Crippen molar-refractivity contribution in [2.45, 2.75) is 71.3 Å². The minimum Gasteiger partial charge on any atom is -0.336 e. The van der Waals surface area contributed by atoms with Crippen LogP contribution < -0.4 is 4.90 Å². The Balaban J connectivity index is 1.55. The number of aryl methyl sites for hydroxylation is 1. The lowest BCUT2D eigenvalue weighted by atomic mass is 10.0. The Hall–Kier alpha value is -3.22. The zero-order valence-corrected chi connectivity index (χ0v) is 20.0. The topological polar surface area (TPSA) is 79.5 Å². The maximum atomic E-state index is 14.0. The number of anilines is 1. The molecule has 7 heteroatoms. The summed E-state index contributed by atoms with van der Waals surface area (Å²) in [6, 6.07) is 9.91. The van der Waals surface area contributed by atoms with Crippen molar-refractivity contribution in [3.8, 4) is 0 Å². The van der Waals surface area contributed by atoms with Gasteiger partial charge in [0, 0.05) is 43.9 Å². The van der Waals surface area contributed by atoms with Gasteiger partial charge >= 0.3 is 0 Å². The SMILES string of the molecule is CC(=O)N1CCCCCCCN(C(=O)c2cc(C3CC3)nc3onc(C)c23)Cc2ccccc21. The highest BCUT2D eigenvalue weighted by Crippen LogP contribution is 2.40. The number of benzene rings is 1. The average Bonchev–Trinajstić information content (AvgIpc) is 3.61.